The summed E-state index contributed by atoms with van der Waals surface area (Å²) >= 11 is 6.00. The van der Waals surface area contributed by atoms with Crippen LogP contribution in [0.5, 0.6) is 0 Å². The Bertz CT molecular complexity index is 680. The molecule has 1 aromatic heterocycles. The molecule has 0 radical (unpaired) electrons. The Balaban J connectivity index is 2.04. The molecule has 0 bridgehead atoms. The number of benzene rings is 1. The van der Waals surface area contributed by atoms with Crippen LogP contribution in [0.15, 0.2) is 29.1 Å². The van der Waals surface area contributed by atoms with Crippen LogP contribution in [-0.4, -0.2) is 9.55 Å². The average Bonchev–Trinajstić information content (AvgIpc) is 2.87. The first-order chi connectivity index (χ1) is 9.69. The lowest BCUT2D eigenvalue weighted by Crippen LogP contribution is -2.27. The van der Waals surface area contributed by atoms with Gasteiger partial charge >= 0.3 is 0 Å². The molecule has 1 aliphatic carbocycles. The van der Waals surface area contributed by atoms with Crippen LogP contribution in [0, 0.1) is 11.8 Å². The molecule has 106 valence electrons. The normalized spacial score (nSPS) is 22.5. The Labute approximate surface area is 123 Å². The van der Waals surface area contributed by atoms with Crippen LogP contribution < -0.4 is 5.56 Å². The molecule has 3 rings (SSSR count). The number of fused-ring (bicyclic) bond motifs is 1. The molecular formula is C16H19ClN2O. The van der Waals surface area contributed by atoms with E-state index in [4.69, 9.17) is 11.6 Å². The molecule has 1 saturated carbocycles. The maximum Gasteiger partial charge on any atom is 0.261 e. The molecule has 0 amide bonds. The zero-order valence-corrected chi connectivity index (χ0v) is 12.4. The van der Waals surface area contributed by atoms with Crippen molar-refractivity contribution in [1.82, 2.24) is 9.55 Å². The van der Waals surface area contributed by atoms with E-state index < -0.39 is 0 Å². The van der Waals surface area contributed by atoms with Crippen molar-refractivity contribution in [2.45, 2.75) is 38.6 Å². The van der Waals surface area contributed by atoms with E-state index in [1.54, 1.807) is 4.57 Å². The summed E-state index contributed by atoms with van der Waals surface area (Å²) in [7, 11) is 0. The van der Waals surface area contributed by atoms with Crippen LogP contribution >= 0.6 is 11.6 Å². The van der Waals surface area contributed by atoms with E-state index in [1.807, 2.05) is 24.3 Å². The topological polar surface area (TPSA) is 34.9 Å². The molecule has 3 nitrogen and oxygen atoms in total. The van der Waals surface area contributed by atoms with Crippen LogP contribution in [-0.2, 0) is 12.4 Å². The third-order valence-electron chi connectivity index (χ3n) is 4.30. The zero-order valence-electron chi connectivity index (χ0n) is 11.7. The summed E-state index contributed by atoms with van der Waals surface area (Å²) in [4.78, 5) is 17.2. The molecule has 4 heteroatoms. The molecule has 2 atom stereocenters. The van der Waals surface area contributed by atoms with Gasteiger partial charge in [0, 0.05) is 6.54 Å². The Morgan fingerprint density at radius 3 is 2.85 bits per heavy atom. The maximum atomic E-state index is 12.6. The molecule has 1 heterocycles. The van der Waals surface area contributed by atoms with Crippen molar-refractivity contribution in [1.29, 1.82) is 0 Å². The highest BCUT2D eigenvalue weighted by molar-refractivity contribution is 6.16. The summed E-state index contributed by atoms with van der Waals surface area (Å²) in [6.45, 7) is 3.03. The van der Waals surface area contributed by atoms with E-state index in [0.29, 0.717) is 17.1 Å². The van der Waals surface area contributed by atoms with Gasteiger partial charge in [0.25, 0.3) is 5.56 Å². The lowest BCUT2D eigenvalue weighted by Gasteiger charge is -2.16. The second-order valence-electron chi connectivity index (χ2n) is 5.88. The minimum absolute atomic E-state index is 0.0470. The predicted octanol–water partition coefficient (Wildman–Crippen LogP) is 3.57. The fourth-order valence-electron chi connectivity index (χ4n) is 3.25. The molecule has 0 aliphatic heterocycles. The Morgan fingerprint density at radius 1 is 1.35 bits per heavy atom. The maximum absolute atomic E-state index is 12.6. The van der Waals surface area contributed by atoms with Crippen molar-refractivity contribution >= 4 is 22.5 Å². The molecule has 0 spiro atoms. The number of para-hydroxylation sites is 1. The molecule has 1 aliphatic rings. The zero-order chi connectivity index (χ0) is 14.1. The van der Waals surface area contributed by atoms with Gasteiger partial charge in [-0.2, -0.15) is 0 Å². The molecular weight excluding hydrogens is 272 g/mol. The van der Waals surface area contributed by atoms with E-state index >= 15 is 0 Å². The third kappa shape index (κ3) is 2.47. The van der Waals surface area contributed by atoms with E-state index in [2.05, 4.69) is 11.9 Å². The van der Waals surface area contributed by atoms with Gasteiger partial charge in [0.2, 0.25) is 0 Å². The van der Waals surface area contributed by atoms with Crippen LogP contribution in [0.3, 0.4) is 0 Å². The van der Waals surface area contributed by atoms with Gasteiger partial charge in [-0.1, -0.05) is 25.5 Å². The average molecular weight is 291 g/mol. The molecule has 0 saturated heterocycles. The van der Waals surface area contributed by atoms with Gasteiger partial charge in [0.05, 0.1) is 16.8 Å². The van der Waals surface area contributed by atoms with Gasteiger partial charge in [0.1, 0.15) is 5.82 Å². The third-order valence-corrected chi connectivity index (χ3v) is 4.54. The number of alkyl halides is 1. The van der Waals surface area contributed by atoms with Gasteiger partial charge < -0.3 is 0 Å². The molecule has 1 fully saturated rings. The van der Waals surface area contributed by atoms with Gasteiger partial charge in [-0.15, -0.1) is 11.6 Å². The van der Waals surface area contributed by atoms with Crippen LogP contribution in [0.1, 0.15) is 32.0 Å². The monoisotopic (exact) mass is 290 g/mol. The second-order valence-corrected chi connectivity index (χ2v) is 6.15. The minimum Gasteiger partial charge on any atom is -0.295 e. The highest BCUT2D eigenvalue weighted by Gasteiger charge is 2.23. The highest BCUT2D eigenvalue weighted by Crippen LogP contribution is 2.31. The van der Waals surface area contributed by atoms with Crippen LogP contribution in [0.25, 0.3) is 10.9 Å². The van der Waals surface area contributed by atoms with Gasteiger partial charge in [-0.3, -0.25) is 9.36 Å². The van der Waals surface area contributed by atoms with Crippen molar-refractivity contribution in [3.8, 4) is 0 Å². The number of halogens is 1. The highest BCUT2D eigenvalue weighted by atomic mass is 35.5. The minimum atomic E-state index is 0.0470. The molecule has 0 N–H and O–H groups in total. The molecule has 2 unspecified atom stereocenters. The first kappa shape index (κ1) is 13.6. The molecule has 20 heavy (non-hydrogen) atoms. The van der Waals surface area contributed by atoms with E-state index in [0.717, 1.165) is 18.0 Å². The summed E-state index contributed by atoms with van der Waals surface area (Å²) in [6.07, 6.45) is 3.65. The standard InChI is InChI=1S/C16H19ClN2O/c1-11-6-7-12(8-11)10-19-15(9-17)18-14-5-3-2-4-13(14)16(19)20/h2-5,11-12H,6-10H2,1H3. The molecule has 2 aromatic rings. The van der Waals surface area contributed by atoms with Crippen LogP contribution in [0.4, 0.5) is 0 Å². The second kappa shape index (κ2) is 5.57. The number of rotatable bonds is 3. The van der Waals surface area contributed by atoms with Crippen molar-refractivity contribution in [2.24, 2.45) is 11.8 Å². The summed E-state index contributed by atoms with van der Waals surface area (Å²) < 4.78 is 1.79. The van der Waals surface area contributed by atoms with Crippen molar-refractivity contribution in [3.63, 3.8) is 0 Å². The van der Waals surface area contributed by atoms with E-state index in [-0.39, 0.29) is 11.4 Å². The fraction of sp³-hybridized carbons (Fsp3) is 0.500. The van der Waals surface area contributed by atoms with Gasteiger partial charge in [-0.05, 0) is 36.8 Å². The number of hydrogen-bond acceptors (Lipinski definition) is 2. The first-order valence-electron chi connectivity index (χ1n) is 7.23. The van der Waals surface area contributed by atoms with E-state index in [9.17, 15) is 4.79 Å². The quantitative estimate of drug-likeness (QED) is 0.810. The fourth-order valence-corrected chi connectivity index (χ4v) is 3.46. The van der Waals surface area contributed by atoms with Crippen molar-refractivity contribution < 1.29 is 0 Å². The van der Waals surface area contributed by atoms with E-state index in [1.165, 1.54) is 19.3 Å². The lowest BCUT2D eigenvalue weighted by molar-refractivity contribution is 0.425. The SMILES string of the molecule is CC1CCC(Cn2c(CCl)nc3ccccc3c2=O)C1. The molecule has 1 aromatic carbocycles. The number of hydrogen-bond donors (Lipinski definition) is 0. The van der Waals surface area contributed by atoms with Crippen molar-refractivity contribution in [2.75, 3.05) is 0 Å². The first-order valence-corrected chi connectivity index (χ1v) is 7.77. The predicted molar refractivity (Wildman–Crippen MR) is 82.1 cm³/mol. The van der Waals surface area contributed by atoms with Gasteiger partial charge in [-0.25, -0.2) is 4.98 Å². The Morgan fingerprint density at radius 2 is 2.15 bits per heavy atom. The van der Waals surface area contributed by atoms with Crippen molar-refractivity contribution in [3.05, 3.63) is 40.4 Å². The number of nitrogens with zero attached hydrogens (tertiary/aromatic N) is 2. The Hall–Kier alpha value is -1.35. The smallest absolute Gasteiger partial charge is 0.261 e. The Kier molecular flexibility index (Phi) is 3.79. The number of aromatic nitrogens is 2. The summed E-state index contributed by atoms with van der Waals surface area (Å²) in [5.41, 5.74) is 0.787. The summed E-state index contributed by atoms with van der Waals surface area (Å²) in [5.74, 6) is 2.31. The van der Waals surface area contributed by atoms with Gasteiger partial charge in [0.15, 0.2) is 0 Å². The summed E-state index contributed by atoms with van der Waals surface area (Å²) in [6, 6.07) is 7.49. The summed E-state index contributed by atoms with van der Waals surface area (Å²) in [5, 5.41) is 0.687. The lowest BCUT2D eigenvalue weighted by atomic mass is 10.1. The largest absolute Gasteiger partial charge is 0.295 e. The van der Waals surface area contributed by atoms with Crippen LogP contribution in [0.2, 0.25) is 0 Å².